The number of nitrogens with one attached hydrogen (secondary N) is 1. The highest BCUT2D eigenvalue weighted by molar-refractivity contribution is 6.00. The lowest BCUT2D eigenvalue weighted by molar-refractivity contribution is -0.116. The number of Topliss-reactive ketones (excluding diaryl/α,β-unsaturated/α-hetero) is 1. The number of hydrogen-bond acceptors (Lipinski definition) is 4. The van der Waals surface area contributed by atoms with Crippen LogP contribution in [0.2, 0.25) is 0 Å². The summed E-state index contributed by atoms with van der Waals surface area (Å²) in [5, 5.41) is 7.44. The van der Waals surface area contributed by atoms with Crippen LogP contribution in [0.3, 0.4) is 0 Å². The molecule has 1 aliphatic carbocycles. The molecule has 7 heteroatoms. The van der Waals surface area contributed by atoms with Crippen LogP contribution in [0, 0.1) is 11.6 Å². The number of rotatable bonds is 3. The van der Waals surface area contributed by atoms with Gasteiger partial charge in [-0.2, -0.15) is 10.1 Å². The van der Waals surface area contributed by atoms with Gasteiger partial charge in [0.2, 0.25) is 5.95 Å². The molecule has 0 bridgehead atoms. The molecule has 158 valence electrons. The number of hydrogen-bond donors (Lipinski definition) is 1. The number of allylic oxidation sites excluding steroid dienone is 2. The van der Waals surface area contributed by atoms with Crippen LogP contribution in [0.5, 0.6) is 0 Å². The first-order valence-electron chi connectivity index (χ1n) is 10.4. The van der Waals surface area contributed by atoms with E-state index in [-0.39, 0.29) is 11.7 Å². The molecule has 5 nitrogen and oxygen atoms in total. The molecule has 2 heterocycles. The van der Waals surface area contributed by atoms with Crippen molar-refractivity contribution in [1.29, 1.82) is 0 Å². The Balaban J connectivity index is 1.55. The van der Waals surface area contributed by atoms with Crippen LogP contribution >= 0.6 is 0 Å². The van der Waals surface area contributed by atoms with Gasteiger partial charge in [-0.15, -0.1) is 0 Å². The Morgan fingerprint density at radius 1 is 1.03 bits per heavy atom. The molecule has 2 unspecified atom stereocenters. The lowest BCUT2D eigenvalue weighted by atomic mass is 9.77. The quantitative estimate of drug-likeness (QED) is 0.641. The van der Waals surface area contributed by atoms with Gasteiger partial charge in [0, 0.05) is 23.8 Å². The second kappa shape index (κ2) is 7.41. The van der Waals surface area contributed by atoms with Gasteiger partial charge in [-0.3, -0.25) is 4.79 Å². The van der Waals surface area contributed by atoms with Crippen molar-refractivity contribution in [3.8, 4) is 0 Å². The van der Waals surface area contributed by atoms with E-state index >= 15 is 0 Å². The van der Waals surface area contributed by atoms with Gasteiger partial charge in [0.05, 0.1) is 0 Å². The van der Waals surface area contributed by atoms with Crippen molar-refractivity contribution in [2.45, 2.75) is 44.6 Å². The van der Waals surface area contributed by atoms with Crippen LogP contribution in [0.15, 0.2) is 60.1 Å². The molecule has 0 saturated carbocycles. The molecule has 0 amide bonds. The van der Waals surface area contributed by atoms with Crippen LogP contribution in [0.4, 0.5) is 14.7 Å². The number of benzene rings is 2. The van der Waals surface area contributed by atoms with Gasteiger partial charge in [0.1, 0.15) is 24.0 Å². The minimum Gasteiger partial charge on any atom is -0.328 e. The first-order chi connectivity index (χ1) is 14.9. The smallest absolute Gasteiger partial charge is 0.226 e. The van der Waals surface area contributed by atoms with E-state index in [1.807, 2.05) is 0 Å². The average Bonchev–Trinajstić information content (AvgIpc) is 3.19. The zero-order valence-electron chi connectivity index (χ0n) is 17.3. The topological polar surface area (TPSA) is 59.8 Å². The minimum atomic E-state index is -0.712. The molecule has 3 aromatic rings. The SMILES string of the molecule is CC(C)c1ccc(C2CC(=O)C3=C(C2)Nc2ncnn2C3c2cc(F)cc(F)c2)cc1. The normalized spacial score (nSPS) is 20.5. The molecular weight excluding hydrogens is 398 g/mol. The number of nitrogens with zero attached hydrogens (tertiary/aromatic N) is 3. The number of carbonyl (C=O) groups excluding carboxylic acids is 1. The predicted octanol–water partition coefficient (Wildman–Crippen LogP) is 5.10. The lowest BCUT2D eigenvalue weighted by Crippen LogP contribution is -2.33. The number of aromatic nitrogens is 3. The Bertz CT molecular complexity index is 1180. The van der Waals surface area contributed by atoms with E-state index in [9.17, 15) is 13.6 Å². The van der Waals surface area contributed by atoms with Gasteiger partial charge >= 0.3 is 0 Å². The second-order valence-electron chi connectivity index (χ2n) is 8.50. The van der Waals surface area contributed by atoms with Gasteiger partial charge in [0.15, 0.2) is 5.78 Å². The largest absolute Gasteiger partial charge is 0.328 e. The average molecular weight is 420 g/mol. The fourth-order valence-corrected chi connectivity index (χ4v) is 4.58. The van der Waals surface area contributed by atoms with E-state index in [0.717, 1.165) is 17.3 Å². The van der Waals surface area contributed by atoms with Crippen LogP contribution < -0.4 is 5.32 Å². The molecule has 2 aromatic carbocycles. The van der Waals surface area contributed by atoms with E-state index in [2.05, 4.69) is 53.5 Å². The molecule has 1 aliphatic heterocycles. The lowest BCUT2D eigenvalue weighted by Gasteiger charge is -2.35. The van der Waals surface area contributed by atoms with E-state index < -0.39 is 17.7 Å². The summed E-state index contributed by atoms with van der Waals surface area (Å²) in [4.78, 5) is 17.6. The summed E-state index contributed by atoms with van der Waals surface area (Å²) >= 11 is 0. The van der Waals surface area contributed by atoms with Crippen LogP contribution in [-0.2, 0) is 4.79 Å². The fraction of sp³-hybridized carbons (Fsp3) is 0.292. The molecule has 0 radical (unpaired) electrons. The highest BCUT2D eigenvalue weighted by Crippen LogP contribution is 2.44. The third-order valence-corrected chi connectivity index (χ3v) is 6.14. The first-order valence-corrected chi connectivity index (χ1v) is 10.4. The number of fused-ring (bicyclic) bond motifs is 1. The number of anilines is 1. The molecule has 0 fully saturated rings. The zero-order valence-corrected chi connectivity index (χ0v) is 17.3. The molecule has 2 aliphatic rings. The van der Waals surface area contributed by atoms with Gasteiger partial charge in [-0.1, -0.05) is 38.1 Å². The molecule has 1 N–H and O–H groups in total. The molecule has 1 aromatic heterocycles. The Morgan fingerprint density at radius 2 is 1.74 bits per heavy atom. The Morgan fingerprint density at radius 3 is 2.42 bits per heavy atom. The predicted molar refractivity (Wildman–Crippen MR) is 113 cm³/mol. The first kappa shape index (κ1) is 19.6. The highest BCUT2D eigenvalue weighted by atomic mass is 19.1. The molecule has 0 saturated heterocycles. The molecule has 31 heavy (non-hydrogen) atoms. The summed E-state index contributed by atoms with van der Waals surface area (Å²) in [5.41, 5.74) is 3.93. The third-order valence-electron chi connectivity index (χ3n) is 6.14. The maximum absolute atomic E-state index is 14.0. The van der Waals surface area contributed by atoms with Gasteiger partial charge in [0.25, 0.3) is 0 Å². The third kappa shape index (κ3) is 3.44. The van der Waals surface area contributed by atoms with E-state index in [1.54, 1.807) is 0 Å². The van der Waals surface area contributed by atoms with Crippen LogP contribution in [0.25, 0.3) is 0 Å². The van der Waals surface area contributed by atoms with Gasteiger partial charge < -0.3 is 5.32 Å². The van der Waals surface area contributed by atoms with Crippen molar-refractivity contribution in [2.75, 3.05) is 5.32 Å². The van der Waals surface area contributed by atoms with E-state index in [4.69, 9.17) is 0 Å². The van der Waals surface area contributed by atoms with Gasteiger partial charge in [-0.05, 0) is 47.1 Å². The Hall–Kier alpha value is -3.35. The molecule has 0 spiro atoms. The zero-order chi connectivity index (χ0) is 21.7. The van der Waals surface area contributed by atoms with Crippen molar-refractivity contribution in [2.24, 2.45) is 0 Å². The second-order valence-corrected chi connectivity index (χ2v) is 8.50. The molecule has 2 atom stereocenters. The maximum atomic E-state index is 14.0. The van der Waals surface area contributed by atoms with E-state index in [0.29, 0.717) is 35.8 Å². The summed E-state index contributed by atoms with van der Waals surface area (Å²) in [6.07, 6.45) is 2.32. The Labute approximate surface area is 178 Å². The summed E-state index contributed by atoms with van der Waals surface area (Å²) in [7, 11) is 0. The summed E-state index contributed by atoms with van der Waals surface area (Å²) in [6.45, 7) is 4.29. The number of ketones is 1. The van der Waals surface area contributed by atoms with Crippen molar-refractivity contribution in [3.63, 3.8) is 0 Å². The van der Waals surface area contributed by atoms with E-state index in [1.165, 1.54) is 28.7 Å². The van der Waals surface area contributed by atoms with Crippen molar-refractivity contribution in [1.82, 2.24) is 14.8 Å². The van der Waals surface area contributed by atoms with Crippen molar-refractivity contribution in [3.05, 3.63) is 88.4 Å². The van der Waals surface area contributed by atoms with Crippen LogP contribution in [0.1, 0.15) is 61.3 Å². The minimum absolute atomic E-state index is 0.0272. The fourth-order valence-electron chi connectivity index (χ4n) is 4.58. The highest BCUT2D eigenvalue weighted by Gasteiger charge is 2.39. The maximum Gasteiger partial charge on any atom is 0.226 e. The number of carbonyl (C=O) groups is 1. The van der Waals surface area contributed by atoms with Gasteiger partial charge in [-0.25, -0.2) is 13.5 Å². The Kier molecular flexibility index (Phi) is 4.68. The standard InChI is InChI=1S/C24H22F2N4O/c1-13(2)14-3-5-15(6-4-14)16-9-20-22(21(31)10-16)23(30-24(29-20)27-12-28-30)17-7-18(25)11-19(26)8-17/h3-8,11-13,16,23H,9-10H2,1-2H3,(H,27,28,29). The molecular formula is C24H22F2N4O. The number of halogens is 2. The summed E-state index contributed by atoms with van der Waals surface area (Å²) < 4.78 is 29.5. The molecule has 5 rings (SSSR count). The summed E-state index contributed by atoms with van der Waals surface area (Å²) in [6, 6.07) is 11.0. The summed E-state index contributed by atoms with van der Waals surface area (Å²) in [5.74, 6) is -0.513. The van der Waals surface area contributed by atoms with Crippen molar-refractivity contribution >= 4 is 11.7 Å². The monoisotopic (exact) mass is 420 g/mol. The van der Waals surface area contributed by atoms with Crippen LogP contribution in [-0.4, -0.2) is 20.5 Å². The van der Waals surface area contributed by atoms with Crippen molar-refractivity contribution < 1.29 is 13.6 Å².